The predicted octanol–water partition coefficient (Wildman–Crippen LogP) is 3.43. The van der Waals surface area contributed by atoms with Crippen molar-refractivity contribution in [2.24, 2.45) is 5.10 Å². The Labute approximate surface area is 92.4 Å². The van der Waals surface area contributed by atoms with Gasteiger partial charge in [0.2, 0.25) is 0 Å². The monoisotopic (exact) mass is 204 g/mol. The van der Waals surface area contributed by atoms with Crippen LogP contribution in [0.5, 0.6) is 0 Å². The first-order valence-corrected chi connectivity index (χ1v) is 5.61. The zero-order chi connectivity index (χ0) is 11.1. The van der Waals surface area contributed by atoms with Crippen LogP contribution in [0.25, 0.3) is 0 Å². The molecule has 0 heterocycles. The summed E-state index contributed by atoms with van der Waals surface area (Å²) in [4.78, 5) is 0. The molecule has 1 unspecified atom stereocenters. The summed E-state index contributed by atoms with van der Waals surface area (Å²) < 4.78 is 0. The Hall–Kier alpha value is -1.31. The van der Waals surface area contributed by atoms with Gasteiger partial charge in [0, 0.05) is 6.21 Å². The number of nitrogens with zero attached hydrogens (tertiary/aromatic N) is 1. The van der Waals surface area contributed by atoms with Crippen LogP contribution < -0.4 is 5.43 Å². The second-order valence-corrected chi connectivity index (χ2v) is 3.72. The third-order valence-electron chi connectivity index (χ3n) is 2.39. The minimum absolute atomic E-state index is 0.327. The summed E-state index contributed by atoms with van der Waals surface area (Å²) in [5, 5.41) is 4.18. The molecular formula is C13H20N2. The van der Waals surface area contributed by atoms with Gasteiger partial charge >= 0.3 is 0 Å². The molecule has 0 saturated heterocycles. The van der Waals surface area contributed by atoms with Gasteiger partial charge in [-0.05, 0) is 25.3 Å². The van der Waals surface area contributed by atoms with Gasteiger partial charge in [0.1, 0.15) is 0 Å². The molecule has 2 heteroatoms. The first-order valence-electron chi connectivity index (χ1n) is 5.61. The molecule has 1 aromatic carbocycles. The number of hydrogen-bond donors (Lipinski definition) is 1. The minimum Gasteiger partial charge on any atom is -0.303 e. The molecule has 0 aliphatic rings. The Kier molecular flexibility index (Phi) is 4.88. The van der Waals surface area contributed by atoms with Crippen molar-refractivity contribution in [3.05, 3.63) is 35.4 Å². The summed E-state index contributed by atoms with van der Waals surface area (Å²) in [5.74, 6) is 0. The van der Waals surface area contributed by atoms with Crippen LogP contribution in [0.1, 0.15) is 43.9 Å². The van der Waals surface area contributed by atoms with Gasteiger partial charge in [-0.15, -0.1) is 0 Å². The van der Waals surface area contributed by atoms with E-state index in [1.54, 1.807) is 0 Å². The quantitative estimate of drug-likeness (QED) is 0.576. The molecule has 1 rings (SSSR count). The zero-order valence-corrected chi connectivity index (χ0v) is 9.83. The standard InChI is InChI=1S/C13H20N2/c1-4-10-14-15-13(5-2)12-8-6-11(3)7-9-12/h6-10,13,15H,4-5H2,1-3H3/b14-10+. The normalized spacial score (nSPS) is 13.0. The van der Waals surface area contributed by atoms with E-state index in [9.17, 15) is 0 Å². The predicted molar refractivity (Wildman–Crippen MR) is 66.1 cm³/mol. The van der Waals surface area contributed by atoms with Crippen molar-refractivity contribution in [1.29, 1.82) is 0 Å². The molecule has 0 aliphatic heterocycles. The van der Waals surface area contributed by atoms with Crippen LogP contribution in [-0.2, 0) is 0 Å². The second-order valence-electron chi connectivity index (χ2n) is 3.72. The molecule has 0 bridgehead atoms. The molecule has 1 N–H and O–H groups in total. The van der Waals surface area contributed by atoms with E-state index in [-0.39, 0.29) is 0 Å². The number of hydrogen-bond acceptors (Lipinski definition) is 2. The Bertz CT molecular complexity index is 301. The molecule has 0 aromatic heterocycles. The first kappa shape index (κ1) is 11.8. The van der Waals surface area contributed by atoms with Gasteiger partial charge in [-0.3, -0.25) is 0 Å². The van der Waals surface area contributed by atoms with E-state index in [2.05, 4.69) is 55.6 Å². The van der Waals surface area contributed by atoms with Gasteiger partial charge < -0.3 is 5.43 Å². The van der Waals surface area contributed by atoms with Crippen LogP contribution in [0.15, 0.2) is 29.4 Å². The molecule has 0 fully saturated rings. The molecular weight excluding hydrogens is 184 g/mol. The Morgan fingerprint density at radius 1 is 1.27 bits per heavy atom. The van der Waals surface area contributed by atoms with Crippen molar-refractivity contribution in [3.63, 3.8) is 0 Å². The molecule has 0 amide bonds. The average Bonchev–Trinajstić information content (AvgIpc) is 2.26. The lowest BCUT2D eigenvalue weighted by Crippen LogP contribution is -2.14. The molecule has 0 aliphatic carbocycles. The van der Waals surface area contributed by atoms with Gasteiger partial charge in [-0.25, -0.2) is 0 Å². The van der Waals surface area contributed by atoms with E-state index >= 15 is 0 Å². The lowest BCUT2D eigenvalue weighted by atomic mass is 10.0. The topological polar surface area (TPSA) is 24.4 Å². The van der Waals surface area contributed by atoms with Crippen LogP contribution in [0.2, 0.25) is 0 Å². The van der Waals surface area contributed by atoms with E-state index < -0.39 is 0 Å². The van der Waals surface area contributed by atoms with E-state index in [1.165, 1.54) is 11.1 Å². The fourth-order valence-electron chi connectivity index (χ4n) is 1.43. The van der Waals surface area contributed by atoms with Gasteiger partial charge in [0.15, 0.2) is 0 Å². The summed E-state index contributed by atoms with van der Waals surface area (Å²) in [6.45, 7) is 6.35. The van der Waals surface area contributed by atoms with Crippen LogP contribution in [0, 0.1) is 6.92 Å². The molecule has 0 saturated carbocycles. The average molecular weight is 204 g/mol. The molecule has 15 heavy (non-hydrogen) atoms. The minimum atomic E-state index is 0.327. The number of benzene rings is 1. The van der Waals surface area contributed by atoms with Crippen molar-refractivity contribution < 1.29 is 0 Å². The lowest BCUT2D eigenvalue weighted by molar-refractivity contribution is 0.542. The van der Waals surface area contributed by atoms with Crippen molar-refractivity contribution in [2.75, 3.05) is 0 Å². The van der Waals surface area contributed by atoms with Crippen molar-refractivity contribution in [3.8, 4) is 0 Å². The molecule has 1 aromatic rings. The maximum Gasteiger partial charge on any atom is 0.0686 e. The van der Waals surface area contributed by atoms with Gasteiger partial charge in [0.25, 0.3) is 0 Å². The number of aryl methyl sites for hydroxylation is 1. The van der Waals surface area contributed by atoms with Crippen LogP contribution in [0.3, 0.4) is 0 Å². The third kappa shape index (κ3) is 3.74. The van der Waals surface area contributed by atoms with E-state index in [1.807, 2.05) is 6.21 Å². The summed E-state index contributed by atoms with van der Waals surface area (Å²) >= 11 is 0. The number of rotatable bonds is 5. The lowest BCUT2D eigenvalue weighted by Gasteiger charge is -2.14. The highest BCUT2D eigenvalue weighted by atomic mass is 15.3. The second kappa shape index (κ2) is 6.23. The highest BCUT2D eigenvalue weighted by Gasteiger charge is 2.06. The fraction of sp³-hybridized carbons (Fsp3) is 0.462. The van der Waals surface area contributed by atoms with Crippen molar-refractivity contribution >= 4 is 6.21 Å². The first-order chi connectivity index (χ1) is 7.27. The maximum atomic E-state index is 4.18. The maximum absolute atomic E-state index is 4.18. The molecule has 0 spiro atoms. The van der Waals surface area contributed by atoms with E-state index in [0.717, 1.165) is 12.8 Å². The van der Waals surface area contributed by atoms with E-state index in [4.69, 9.17) is 0 Å². The Morgan fingerprint density at radius 3 is 2.47 bits per heavy atom. The van der Waals surface area contributed by atoms with Crippen LogP contribution in [-0.4, -0.2) is 6.21 Å². The molecule has 82 valence electrons. The van der Waals surface area contributed by atoms with Gasteiger partial charge in [-0.1, -0.05) is 43.7 Å². The SMILES string of the molecule is CC/C=N/NC(CC)c1ccc(C)cc1. The largest absolute Gasteiger partial charge is 0.303 e. The molecule has 2 nitrogen and oxygen atoms in total. The highest BCUT2D eigenvalue weighted by molar-refractivity contribution is 5.56. The Balaban J connectivity index is 2.65. The van der Waals surface area contributed by atoms with Gasteiger partial charge in [0.05, 0.1) is 6.04 Å². The summed E-state index contributed by atoms with van der Waals surface area (Å²) in [7, 11) is 0. The fourth-order valence-corrected chi connectivity index (χ4v) is 1.43. The number of hydrazone groups is 1. The zero-order valence-electron chi connectivity index (χ0n) is 9.83. The number of nitrogens with one attached hydrogen (secondary N) is 1. The van der Waals surface area contributed by atoms with Gasteiger partial charge in [-0.2, -0.15) is 5.10 Å². The highest BCUT2D eigenvalue weighted by Crippen LogP contribution is 2.16. The summed E-state index contributed by atoms with van der Waals surface area (Å²) in [6.07, 6.45) is 3.91. The molecule has 1 atom stereocenters. The van der Waals surface area contributed by atoms with Crippen LogP contribution in [0.4, 0.5) is 0 Å². The summed E-state index contributed by atoms with van der Waals surface area (Å²) in [5.41, 5.74) is 5.77. The summed E-state index contributed by atoms with van der Waals surface area (Å²) in [6, 6.07) is 8.94. The Morgan fingerprint density at radius 2 is 1.93 bits per heavy atom. The van der Waals surface area contributed by atoms with E-state index in [0.29, 0.717) is 6.04 Å². The van der Waals surface area contributed by atoms with Crippen molar-refractivity contribution in [1.82, 2.24) is 5.43 Å². The van der Waals surface area contributed by atoms with Crippen LogP contribution >= 0.6 is 0 Å². The third-order valence-corrected chi connectivity index (χ3v) is 2.39. The van der Waals surface area contributed by atoms with Crippen molar-refractivity contribution in [2.45, 2.75) is 39.7 Å². The molecule has 0 radical (unpaired) electrons. The smallest absolute Gasteiger partial charge is 0.0686 e.